The molecule has 0 atom stereocenters. The second-order valence-electron chi connectivity index (χ2n) is 3.02. The number of hydrogen-bond donors (Lipinski definition) is 2. The number of hydrogen-bond acceptors (Lipinski definition) is 3. The van der Waals surface area contributed by atoms with Gasteiger partial charge >= 0.3 is 5.97 Å². The zero-order valence-electron chi connectivity index (χ0n) is 7.68. The largest absolute Gasteiger partial charge is 0.477 e. The van der Waals surface area contributed by atoms with Crippen LogP contribution in [-0.4, -0.2) is 11.1 Å². The Kier molecular flexibility index (Phi) is 2.51. The van der Waals surface area contributed by atoms with E-state index in [1.807, 2.05) is 24.3 Å². The molecule has 0 aliphatic heterocycles. The van der Waals surface area contributed by atoms with Crippen LogP contribution < -0.4 is 0 Å². The Hall–Kier alpha value is -1.68. The number of fused-ring (bicyclic) bond motifs is 1. The van der Waals surface area contributed by atoms with Crippen LogP contribution in [0.1, 0.15) is 5.76 Å². The van der Waals surface area contributed by atoms with Crippen LogP contribution in [0.25, 0.3) is 17.0 Å². The molecule has 0 aliphatic rings. The smallest absolute Gasteiger partial charge is 0.342 e. The topological polar surface area (TPSA) is 50.4 Å². The number of rotatable bonds is 2. The first-order chi connectivity index (χ1) is 7.16. The molecule has 1 heterocycles. The Morgan fingerprint density at radius 1 is 1.40 bits per heavy atom. The van der Waals surface area contributed by atoms with E-state index in [-0.39, 0.29) is 4.91 Å². The van der Waals surface area contributed by atoms with Gasteiger partial charge in [-0.1, -0.05) is 18.2 Å². The van der Waals surface area contributed by atoms with Gasteiger partial charge in [0.2, 0.25) is 0 Å². The van der Waals surface area contributed by atoms with Gasteiger partial charge in [0.25, 0.3) is 0 Å². The van der Waals surface area contributed by atoms with Crippen molar-refractivity contribution in [1.82, 2.24) is 0 Å². The maximum Gasteiger partial charge on any atom is 0.342 e. The molecule has 1 aromatic heterocycles. The van der Waals surface area contributed by atoms with Crippen molar-refractivity contribution in [3.05, 3.63) is 41.0 Å². The highest BCUT2D eigenvalue weighted by Crippen LogP contribution is 2.21. The number of furan rings is 1. The maximum absolute atomic E-state index is 10.5. The molecular formula is C11H8O3S. The van der Waals surface area contributed by atoms with Crippen molar-refractivity contribution in [2.75, 3.05) is 0 Å². The Balaban J connectivity index is 2.46. The van der Waals surface area contributed by atoms with Gasteiger partial charge in [-0.3, -0.25) is 0 Å². The first-order valence-electron chi connectivity index (χ1n) is 4.29. The summed E-state index contributed by atoms with van der Waals surface area (Å²) in [5.74, 6) is -0.581. The van der Waals surface area contributed by atoms with Gasteiger partial charge in [-0.25, -0.2) is 4.79 Å². The van der Waals surface area contributed by atoms with E-state index in [1.165, 1.54) is 6.08 Å². The molecule has 2 aromatic rings. The molecule has 0 amide bonds. The monoisotopic (exact) mass is 220 g/mol. The average Bonchev–Trinajstić information content (AvgIpc) is 2.59. The van der Waals surface area contributed by atoms with Crippen molar-refractivity contribution >= 4 is 35.6 Å². The number of thiol groups is 1. The lowest BCUT2D eigenvalue weighted by atomic mass is 10.2. The van der Waals surface area contributed by atoms with Gasteiger partial charge in [-0.05, 0) is 12.1 Å². The first kappa shape index (κ1) is 9.86. The molecule has 0 saturated heterocycles. The number of para-hydroxylation sites is 1. The van der Waals surface area contributed by atoms with Crippen LogP contribution in [0.3, 0.4) is 0 Å². The second-order valence-corrected chi connectivity index (χ2v) is 3.50. The minimum absolute atomic E-state index is 0.0472. The molecule has 15 heavy (non-hydrogen) atoms. The third kappa shape index (κ3) is 2.05. The van der Waals surface area contributed by atoms with Gasteiger partial charge in [0.1, 0.15) is 11.3 Å². The van der Waals surface area contributed by atoms with E-state index < -0.39 is 5.97 Å². The summed E-state index contributed by atoms with van der Waals surface area (Å²) in [4.78, 5) is 10.5. The molecule has 0 unspecified atom stereocenters. The van der Waals surface area contributed by atoms with Crippen molar-refractivity contribution in [3.8, 4) is 0 Å². The van der Waals surface area contributed by atoms with Crippen LogP contribution >= 0.6 is 12.6 Å². The Morgan fingerprint density at radius 2 is 2.13 bits per heavy atom. The van der Waals surface area contributed by atoms with Crippen molar-refractivity contribution in [1.29, 1.82) is 0 Å². The Labute approximate surface area is 91.4 Å². The van der Waals surface area contributed by atoms with Crippen LogP contribution in [0, 0.1) is 0 Å². The molecule has 4 heteroatoms. The van der Waals surface area contributed by atoms with Gasteiger partial charge in [0, 0.05) is 11.5 Å². The quantitative estimate of drug-likeness (QED) is 0.604. The van der Waals surface area contributed by atoms with E-state index in [0.29, 0.717) is 5.76 Å². The van der Waals surface area contributed by atoms with Crippen LogP contribution in [0.15, 0.2) is 39.7 Å². The van der Waals surface area contributed by atoms with Gasteiger partial charge in [0.05, 0.1) is 4.91 Å². The lowest BCUT2D eigenvalue weighted by molar-refractivity contribution is -0.131. The van der Waals surface area contributed by atoms with E-state index in [9.17, 15) is 4.79 Å². The van der Waals surface area contributed by atoms with Crippen LogP contribution in [0.2, 0.25) is 0 Å². The number of carboxylic acid groups (broad SMARTS) is 1. The summed E-state index contributed by atoms with van der Waals surface area (Å²) < 4.78 is 5.40. The molecule has 2 rings (SSSR count). The van der Waals surface area contributed by atoms with E-state index in [0.717, 1.165) is 11.0 Å². The number of carbonyl (C=O) groups is 1. The van der Waals surface area contributed by atoms with Gasteiger partial charge in [-0.15, -0.1) is 12.6 Å². The third-order valence-electron chi connectivity index (χ3n) is 1.94. The van der Waals surface area contributed by atoms with Crippen molar-refractivity contribution in [2.24, 2.45) is 0 Å². The van der Waals surface area contributed by atoms with Gasteiger partial charge in [-0.2, -0.15) is 0 Å². The minimum Gasteiger partial charge on any atom is -0.477 e. The number of benzene rings is 1. The van der Waals surface area contributed by atoms with Crippen LogP contribution in [0.5, 0.6) is 0 Å². The predicted molar refractivity (Wildman–Crippen MR) is 60.8 cm³/mol. The fraction of sp³-hybridized carbons (Fsp3) is 0. The SMILES string of the molecule is O=C(O)/C(S)=C/c1cc2ccccc2o1. The summed E-state index contributed by atoms with van der Waals surface area (Å²) in [6.45, 7) is 0. The van der Waals surface area contributed by atoms with Crippen LogP contribution in [-0.2, 0) is 4.79 Å². The molecular weight excluding hydrogens is 212 g/mol. The fourth-order valence-electron chi connectivity index (χ4n) is 1.27. The van der Waals surface area contributed by atoms with E-state index in [2.05, 4.69) is 12.6 Å². The molecule has 0 spiro atoms. The summed E-state index contributed by atoms with van der Waals surface area (Å²) in [5.41, 5.74) is 0.732. The van der Waals surface area contributed by atoms with E-state index >= 15 is 0 Å². The molecule has 0 aliphatic carbocycles. The summed E-state index contributed by atoms with van der Waals surface area (Å²) in [6.07, 6.45) is 1.38. The molecule has 0 saturated carbocycles. The number of carboxylic acids is 1. The van der Waals surface area contributed by atoms with Crippen LogP contribution in [0.4, 0.5) is 0 Å². The molecule has 1 aromatic carbocycles. The average molecular weight is 220 g/mol. The zero-order valence-corrected chi connectivity index (χ0v) is 8.57. The van der Waals surface area contributed by atoms with Crippen molar-refractivity contribution < 1.29 is 14.3 Å². The normalized spacial score (nSPS) is 11.9. The highest BCUT2D eigenvalue weighted by molar-refractivity contribution is 7.85. The predicted octanol–water partition coefficient (Wildman–Crippen LogP) is 2.79. The Morgan fingerprint density at radius 3 is 2.80 bits per heavy atom. The second kappa shape index (κ2) is 3.82. The highest BCUT2D eigenvalue weighted by atomic mass is 32.1. The van der Waals surface area contributed by atoms with E-state index in [4.69, 9.17) is 9.52 Å². The zero-order chi connectivity index (χ0) is 10.8. The molecule has 3 nitrogen and oxygen atoms in total. The molecule has 0 bridgehead atoms. The number of aliphatic carboxylic acids is 1. The molecule has 0 fully saturated rings. The van der Waals surface area contributed by atoms with Gasteiger partial charge < -0.3 is 9.52 Å². The summed E-state index contributed by atoms with van der Waals surface area (Å²) >= 11 is 3.82. The lowest BCUT2D eigenvalue weighted by Crippen LogP contribution is -1.92. The maximum atomic E-state index is 10.5. The summed E-state index contributed by atoms with van der Waals surface area (Å²) in [5, 5.41) is 9.57. The van der Waals surface area contributed by atoms with Crippen molar-refractivity contribution in [3.63, 3.8) is 0 Å². The first-order valence-corrected chi connectivity index (χ1v) is 4.74. The molecule has 1 N–H and O–H groups in total. The molecule has 76 valence electrons. The lowest BCUT2D eigenvalue weighted by Gasteiger charge is -1.88. The molecule has 0 radical (unpaired) electrons. The standard InChI is InChI=1S/C11H8O3S/c12-11(13)10(15)6-8-5-7-3-1-2-4-9(7)14-8/h1-6,15H,(H,12,13)/b10-6-. The van der Waals surface area contributed by atoms with E-state index in [1.54, 1.807) is 6.07 Å². The van der Waals surface area contributed by atoms with Gasteiger partial charge in [0.15, 0.2) is 0 Å². The Bertz CT molecular complexity index is 507. The highest BCUT2D eigenvalue weighted by Gasteiger charge is 2.04. The summed E-state index contributed by atoms with van der Waals surface area (Å²) in [6, 6.07) is 9.25. The third-order valence-corrected chi connectivity index (χ3v) is 2.26. The van der Waals surface area contributed by atoms with Crippen molar-refractivity contribution in [2.45, 2.75) is 0 Å². The summed E-state index contributed by atoms with van der Waals surface area (Å²) in [7, 11) is 0. The minimum atomic E-state index is -1.07. The fourth-order valence-corrected chi connectivity index (χ4v) is 1.40.